The number of fused-ring (bicyclic) bond motifs is 1. The Hall–Kier alpha value is -2.71. The molecule has 0 radical (unpaired) electrons. The molecule has 2 saturated carbocycles. The molecule has 2 heterocycles. The van der Waals surface area contributed by atoms with E-state index in [1.165, 1.54) is 18.5 Å². The molecule has 3 N–H and O–H groups in total. The number of rotatable bonds is 7. The molecule has 0 unspecified atom stereocenters. The van der Waals surface area contributed by atoms with Gasteiger partial charge in [-0.15, -0.1) is 0 Å². The quantitative estimate of drug-likeness (QED) is 0.486. The number of H-pyrrole nitrogens is 1. The van der Waals surface area contributed by atoms with Gasteiger partial charge in [-0.25, -0.2) is 13.1 Å². The first-order chi connectivity index (χ1) is 15.9. The lowest BCUT2D eigenvalue weighted by molar-refractivity contribution is -0.126. The highest BCUT2D eigenvalue weighted by atomic mass is 32.2. The van der Waals surface area contributed by atoms with Crippen molar-refractivity contribution in [2.24, 2.45) is 5.92 Å². The van der Waals surface area contributed by atoms with E-state index >= 15 is 0 Å². The standard InChI is InChI=1S/C25H30N4O3S/c1-16(22-4-2-3-13-26-22)27-25(30)18-7-10-20(11-8-18)29-33(31,32)21-12-9-19-14-23(17-5-6-17)28-24(19)15-21/h2-4,9,12-18,20,28-29H,5-8,10-11H2,1H3,(H,27,30)/t16-,18?,20?/m1/s1. The van der Waals surface area contributed by atoms with Gasteiger partial charge in [-0.3, -0.25) is 9.78 Å². The van der Waals surface area contributed by atoms with E-state index in [1.54, 1.807) is 18.3 Å². The van der Waals surface area contributed by atoms with E-state index in [0.717, 1.165) is 16.6 Å². The molecule has 7 nitrogen and oxygen atoms in total. The SMILES string of the molecule is C[C@@H](NC(=O)C1CCC(NS(=O)(=O)c2ccc3cc(C4CC4)[nH]c3c2)CC1)c1ccccn1. The molecule has 0 saturated heterocycles. The number of sulfonamides is 1. The third-order valence-corrected chi connectivity index (χ3v) is 8.37. The van der Waals surface area contributed by atoms with Crippen LogP contribution in [0.25, 0.3) is 10.9 Å². The van der Waals surface area contributed by atoms with Crippen LogP contribution >= 0.6 is 0 Å². The Labute approximate surface area is 194 Å². The zero-order valence-corrected chi connectivity index (χ0v) is 19.6. The maximum atomic E-state index is 13.0. The molecule has 5 rings (SSSR count). The fourth-order valence-corrected chi connectivity index (χ4v) is 6.04. The van der Waals surface area contributed by atoms with Gasteiger partial charge in [0.25, 0.3) is 0 Å². The highest BCUT2D eigenvalue weighted by Gasteiger charge is 2.30. The fraction of sp³-hybridized carbons (Fsp3) is 0.440. The van der Waals surface area contributed by atoms with Gasteiger partial charge in [0, 0.05) is 29.4 Å². The fourth-order valence-electron chi connectivity index (χ4n) is 4.71. The van der Waals surface area contributed by atoms with E-state index in [1.807, 2.05) is 31.2 Å². The molecule has 33 heavy (non-hydrogen) atoms. The van der Waals surface area contributed by atoms with Gasteiger partial charge in [-0.2, -0.15) is 0 Å². The molecular weight excluding hydrogens is 436 g/mol. The van der Waals surface area contributed by atoms with E-state index in [-0.39, 0.29) is 28.8 Å². The van der Waals surface area contributed by atoms with Crippen LogP contribution in [0.5, 0.6) is 0 Å². The Morgan fingerprint density at radius 2 is 1.85 bits per heavy atom. The summed E-state index contributed by atoms with van der Waals surface area (Å²) in [7, 11) is -3.62. The molecule has 0 aliphatic heterocycles. The number of carbonyl (C=O) groups is 1. The molecule has 3 aromatic rings. The van der Waals surface area contributed by atoms with E-state index in [4.69, 9.17) is 0 Å². The van der Waals surface area contributed by atoms with Crippen LogP contribution in [0.4, 0.5) is 0 Å². The van der Waals surface area contributed by atoms with Gasteiger partial charge in [0.2, 0.25) is 15.9 Å². The number of aromatic nitrogens is 2. The maximum absolute atomic E-state index is 13.0. The van der Waals surface area contributed by atoms with Gasteiger partial charge < -0.3 is 10.3 Å². The number of aromatic amines is 1. The number of benzene rings is 1. The highest BCUT2D eigenvalue weighted by molar-refractivity contribution is 7.89. The third-order valence-electron chi connectivity index (χ3n) is 6.85. The van der Waals surface area contributed by atoms with Crippen molar-refractivity contribution in [3.63, 3.8) is 0 Å². The third kappa shape index (κ3) is 4.96. The molecular formula is C25H30N4O3S. The van der Waals surface area contributed by atoms with Crippen molar-refractivity contribution >= 4 is 26.8 Å². The number of carbonyl (C=O) groups excluding carboxylic acids is 1. The van der Waals surface area contributed by atoms with Crippen LogP contribution in [-0.2, 0) is 14.8 Å². The minimum Gasteiger partial charge on any atom is -0.358 e. The number of hydrogen-bond acceptors (Lipinski definition) is 4. The zero-order chi connectivity index (χ0) is 23.0. The monoisotopic (exact) mass is 466 g/mol. The van der Waals surface area contributed by atoms with Gasteiger partial charge >= 0.3 is 0 Å². The van der Waals surface area contributed by atoms with Crippen molar-refractivity contribution in [3.8, 4) is 0 Å². The van der Waals surface area contributed by atoms with Gasteiger partial charge in [-0.05, 0) is 87.1 Å². The first-order valence-electron chi connectivity index (χ1n) is 11.8. The average molecular weight is 467 g/mol. The summed E-state index contributed by atoms with van der Waals surface area (Å²) >= 11 is 0. The molecule has 2 aromatic heterocycles. The minimum atomic E-state index is -3.62. The molecule has 174 valence electrons. The van der Waals surface area contributed by atoms with Gasteiger partial charge in [0.05, 0.1) is 16.6 Å². The van der Waals surface area contributed by atoms with Gasteiger partial charge in [0.1, 0.15) is 0 Å². The molecule has 0 spiro atoms. The summed E-state index contributed by atoms with van der Waals surface area (Å²) in [6, 6.07) is 12.7. The second-order valence-corrected chi connectivity index (χ2v) is 11.1. The highest BCUT2D eigenvalue weighted by Crippen LogP contribution is 2.40. The van der Waals surface area contributed by atoms with Crippen LogP contribution in [0.3, 0.4) is 0 Å². The first kappa shape index (κ1) is 22.1. The van der Waals surface area contributed by atoms with Crippen LogP contribution in [0.15, 0.2) is 53.6 Å². The summed E-state index contributed by atoms with van der Waals surface area (Å²) in [5, 5.41) is 4.09. The van der Waals surface area contributed by atoms with Crippen molar-refractivity contribution in [2.75, 3.05) is 0 Å². The van der Waals surface area contributed by atoms with Crippen LogP contribution in [0.1, 0.15) is 68.8 Å². The summed E-state index contributed by atoms with van der Waals surface area (Å²) in [4.78, 5) is 20.6. The predicted molar refractivity (Wildman–Crippen MR) is 127 cm³/mol. The number of nitrogens with zero attached hydrogens (tertiary/aromatic N) is 1. The summed E-state index contributed by atoms with van der Waals surface area (Å²) in [6.45, 7) is 1.93. The van der Waals surface area contributed by atoms with Crippen LogP contribution in [0, 0.1) is 5.92 Å². The topological polar surface area (TPSA) is 104 Å². The Bertz CT molecular complexity index is 1240. The largest absolute Gasteiger partial charge is 0.358 e. The van der Waals surface area contributed by atoms with E-state index < -0.39 is 10.0 Å². The van der Waals surface area contributed by atoms with E-state index in [9.17, 15) is 13.2 Å². The molecule has 1 atom stereocenters. The lowest BCUT2D eigenvalue weighted by atomic mass is 9.86. The van der Waals surface area contributed by atoms with Crippen molar-refractivity contribution in [2.45, 2.75) is 68.3 Å². The Morgan fingerprint density at radius 1 is 1.06 bits per heavy atom. The Balaban J connectivity index is 1.17. The first-order valence-corrected chi connectivity index (χ1v) is 13.2. The van der Waals surface area contributed by atoms with Gasteiger partial charge in [-0.1, -0.05) is 12.1 Å². The van der Waals surface area contributed by atoms with Crippen molar-refractivity contribution in [3.05, 3.63) is 60.0 Å². The Morgan fingerprint density at radius 3 is 2.55 bits per heavy atom. The maximum Gasteiger partial charge on any atom is 0.240 e. The Kier molecular flexibility index (Phi) is 5.97. The van der Waals surface area contributed by atoms with Crippen LogP contribution < -0.4 is 10.0 Å². The lowest BCUT2D eigenvalue weighted by Gasteiger charge is -2.29. The minimum absolute atomic E-state index is 0.0122. The molecule has 0 bridgehead atoms. The molecule has 8 heteroatoms. The second-order valence-electron chi connectivity index (χ2n) is 9.40. The number of hydrogen-bond donors (Lipinski definition) is 3. The zero-order valence-electron chi connectivity index (χ0n) is 18.8. The van der Waals surface area contributed by atoms with Crippen molar-refractivity contribution in [1.82, 2.24) is 20.0 Å². The molecule has 1 aromatic carbocycles. The normalized spacial score (nSPS) is 22.2. The summed E-state index contributed by atoms with van der Waals surface area (Å²) in [5.74, 6) is 0.501. The van der Waals surface area contributed by atoms with Crippen molar-refractivity contribution < 1.29 is 13.2 Å². The van der Waals surface area contributed by atoms with E-state index in [2.05, 4.69) is 26.1 Å². The second kappa shape index (κ2) is 8.91. The van der Waals surface area contributed by atoms with Crippen molar-refractivity contribution in [1.29, 1.82) is 0 Å². The predicted octanol–water partition coefficient (Wildman–Crippen LogP) is 4.15. The van der Waals surface area contributed by atoms with Crippen LogP contribution in [-0.4, -0.2) is 30.3 Å². The molecule has 2 fully saturated rings. The van der Waals surface area contributed by atoms with Crippen LogP contribution in [0.2, 0.25) is 0 Å². The lowest BCUT2D eigenvalue weighted by Crippen LogP contribution is -2.41. The van der Waals surface area contributed by atoms with Gasteiger partial charge in [0.15, 0.2) is 0 Å². The molecule has 2 aliphatic carbocycles. The van der Waals surface area contributed by atoms with E-state index in [0.29, 0.717) is 31.6 Å². The molecule has 1 amide bonds. The number of amides is 1. The molecule has 2 aliphatic rings. The number of nitrogens with one attached hydrogen (secondary N) is 3. The summed E-state index contributed by atoms with van der Waals surface area (Å²) in [6.07, 6.45) is 6.72. The average Bonchev–Trinajstić information content (AvgIpc) is 3.58. The summed E-state index contributed by atoms with van der Waals surface area (Å²) < 4.78 is 28.9. The smallest absolute Gasteiger partial charge is 0.240 e. The number of pyridine rings is 1. The summed E-state index contributed by atoms with van der Waals surface area (Å²) in [5.41, 5.74) is 2.89.